The number of rotatable bonds is 0. The van der Waals surface area contributed by atoms with Crippen LogP contribution in [0.3, 0.4) is 0 Å². The molecule has 1 aromatic rings. The summed E-state index contributed by atoms with van der Waals surface area (Å²) in [4.78, 5) is 0. The molecular weight excluding hydrogens is 162 g/mol. The molecule has 1 rings (SSSR count). The van der Waals surface area contributed by atoms with Crippen molar-refractivity contribution in [1.82, 2.24) is 0 Å². The van der Waals surface area contributed by atoms with E-state index in [1.54, 1.807) is 18.2 Å². The molecule has 0 aliphatic carbocycles. The normalized spacial score (nSPS) is 8.23. The molecule has 0 radical (unpaired) electrons. The second-order valence-corrected chi connectivity index (χ2v) is 2.45. The van der Waals surface area contributed by atoms with Crippen molar-refractivity contribution in [3.8, 4) is 17.9 Å². The molecule has 0 fully saturated rings. The number of hydrogen-bond acceptors (Lipinski definition) is 3. The summed E-state index contributed by atoms with van der Waals surface area (Å²) in [5, 5.41) is 8.26. The molecule has 4 N–H and O–H groups in total. The molecule has 0 saturated heterocycles. The van der Waals surface area contributed by atoms with Crippen molar-refractivity contribution in [2.24, 2.45) is 0 Å². The van der Waals surface area contributed by atoms with Crippen molar-refractivity contribution >= 4 is 11.4 Å². The minimum absolute atomic E-state index is 0.203. The molecule has 3 heteroatoms. The van der Waals surface area contributed by atoms with Gasteiger partial charge in [-0.1, -0.05) is 17.9 Å². The lowest BCUT2D eigenvalue weighted by atomic mass is 10.1. The van der Waals surface area contributed by atoms with Gasteiger partial charge in [-0.15, -0.1) is 0 Å². The molecule has 0 aliphatic rings. The van der Waals surface area contributed by atoms with E-state index in [9.17, 15) is 0 Å². The first-order valence-corrected chi connectivity index (χ1v) is 3.75. The van der Waals surface area contributed by atoms with Crippen molar-refractivity contribution in [2.75, 3.05) is 11.5 Å². The lowest BCUT2D eigenvalue weighted by molar-refractivity contribution is 1.39. The topological polar surface area (TPSA) is 75.8 Å². The molecule has 0 spiro atoms. The third kappa shape index (κ3) is 2.15. The molecule has 0 unspecified atom stereocenters. The van der Waals surface area contributed by atoms with E-state index in [0.29, 0.717) is 16.9 Å². The first kappa shape index (κ1) is 8.96. The third-order valence-corrected chi connectivity index (χ3v) is 1.53. The predicted molar refractivity (Wildman–Crippen MR) is 52.4 cm³/mol. The monoisotopic (exact) mass is 171 g/mol. The lowest BCUT2D eigenvalue weighted by Crippen LogP contribution is -1.96. The molecule has 0 amide bonds. The summed E-state index contributed by atoms with van der Waals surface area (Å²) in [5.41, 5.74) is 12.9. The van der Waals surface area contributed by atoms with Gasteiger partial charge in [-0.2, -0.15) is 5.26 Å². The molecule has 0 aromatic heterocycles. The standard InChI is InChI=1S/C10H9N3/c11-7-2-1-4-8-5-3-6-9(12)10(8)13/h3,5-6H,2,12-13H2. The van der Waals surface area contributed by atoms with E-state index in [1.807, 2.05) is 6.07 Å². The maximum absolute atomic E-state index is 8.26. The number of hydrogen-bond donors (Lipinski definition) is 2. The highest BCUT2D eigenvalue weighted by atomic mass is 14.7. The Morgan fingerprint density at radius 2 is 2.08 bits per heavy atom. The van der Waals surface area contributed by atoms with Crippen LogP contribution in [0.15, 0.2) is 18.2 Å². The van der Waals surface area contributed by atoms with Gasteiger partial charge < -0.3 is 11.5 Å². The van der Waals surface area contributed by atoms with Gasteiger partial charge in [-0.25, -0.2) is 0 Å². The van der Waals surface area contributed by atoms with Crippen molar-refractivity contribution in [2.45, 2.75) is 6.42 Å². The van der Waals surface area contributed by atoms with Gasteiger partial charge in [0, 0.05) is 5.56 Å². The quantitative estimate of drug-likeness (QED) is 0.453. The molecule has 64 valence electrons. The highest BCUT2D eigenvalue weighted by Gasteiger charge is 1.97. The number of nitrogens with zero attached hydrogens (tertiary/aromatic N) is 1. The summed E-state index contributed by atoms with van der Waals surface area (Å²) in [7, 11) is 0. The zero-order valence-electron chi connectivity index (χ0n) is 7.04. The van der Waals surface area contributed by atoms with E-state index in [1.165, 1.54) is 0 Å². The van der Waals surface area contributed by atoms with Gasteiger partial charge in [0.1, 0.15) is 0 Å². The van der Waals surface area contributed by atoms with Crippen LogP contribution >= 0.6 is 0 Å². The molecule has 0 bridgehead atoms. The Hall–Kier alpha value is -2.13. The summed E-state index contributed by atoms with van der Waals surface area (Å²) in [6.45, 7) is 0. The summed E-state index contributed by atoms with van der Waals surface area (Å²) < 4.78 is 0. The van der Waals surface area contributed by atoms with Crippen LogP contribution in [0.5, 0.6) is 0 Å². The number of nitriles is 1. The lowest BCUT2D eigenvalue weighted by Gasteiger charge is -2.00. The Labute approximate surface area is 77.0 Å². The van der Waals surface area contributed by atoms with E-state index in [-0.39, 0.29) is 6.42 Å². The van der Waals surface area contributed by atoms with Gasteiger partial charge in [0.25, 0.3) is 0 Å². The minimum atomic E-state index is 0.203. The Kier molecular flexibility index (Phi) is 2.78. The van der Waals surface area contributed by atoms with Crippen LogP contribution in [0.4, 0.5) is 11.4 Å². The summed E-state index contributed by atoms with van der Waals surface area (Å²) >= 11 is 0. The fourth-order valence-electron chi connectivity index (χ4n) is 0.871. The average Bonchev–Trinajstić information content (AvgIpc) is 2.13. The van der Waals surface area contributed by atoms with Gasteiger partial charge in [-0.05, 0) is 12.1 Å². The maximum Gasteiger partial charge on any atom is 0.0966 e. The molecule has 0 heterocycles. The SMILES string of the molecule is N#CCC#Cc1cccc(N)c1N. The molecule has 0 atom stereocenters. The highest BCUT2D eigenvalue weighted by molar-refractivity contribution is 5.71. The van der Waals surface area contributed by atoms with Crippen LogP contribution in [-0.4, -0.2) is 0 Å². The Balaban J connectivity index is 2.99. The van der Waals surface area contributed by atoms with Crippen LogP contribution in [0.1, 0.15) is 12.0 Å². The Morgan fingerprint density at radius 1 is 1.31 bits per heavy atom. The molecule has 0 aliphatic heterocycles. The first-order chi connectivity index (χ1) is 6.25. The van der Waals surface area contributed by atoms with Gasteiger partial charge in [0.2, 0.25) is 0 Å². The summed E-state index contributed by atoms with van der Waals surface area (Å²) in [5.74, 6) is 5.45. The van der Waals surface area contributed by atoms with E-state index in [4.69, 9.17) is 16.7 Å². The van der Waals surface area contributed by atoms with Crippen LogP contribution < -0.4 is 11.5 Å². The van der Waals surface area contributed by atoms with Crippen molar-refractivity contribution < 1.29 is 0 Å². The summed E-state index contributed by atoms with van der Waals surface area (Å²) in [6.07, 6.45) is 0.203. The smallest absolute Gasteiger partial charge is 0.0966 e. The third-order valence-electron chi connectivity index (χ3n) is 1.53. The van der Waals surface area contributed by atoms with Crippen molar-refractivity contribution in [1.29, 1.82) is 5.26 Å². The van der Waals surface area contributed by atoms with Crippen LogP contribution in [-0.2, 0) is 0 Å². The van der Waals surface area contributed by atoms with Crippen LogP contribution in [0, 0.1) is 23.2 Å². The molecule has 13 heavy (non-hydrogen) atoms. The zero-order valence-corrected chi connectivity index (χ0v) is 7.04. The highest BCUT2D eigenvalue weighted by Crippen LogP contribution is 2.17. The van der Waals surface area contributed by atoms with E-state index in [2.05, 4.69) is 11.8 Å². The van der Waals surface area contributed by atoms with Gasteiger partial charge >= 0.3 is 0 Å². The molecule has 3 nitrogen and oxygen atoms in total. The fourth-order valence-corrected chi connectivity index (χ4v) is 0.871. The number of benzene rings is 1. The van der Waals surface area contributed by atoms with Crippen molar-refractivity contribution in [3.63, 3.8) is 0 Å². The number of anilines is 2. The van der Waals surface area contributed by atoms with E-state index >= 15 is 0 Å². The maximum atomic E-state index is 8.26. The average molecular weight is 171 g/mol. The van der Waals surface area contributed by atoms with Crippen molar-refractivity contribution in [3.05, 3.63) is 23.8 Å². The van der Waals surface area contributed by atoms with Crippen LogP contribution in [0.25, 0.3) is 0 Å². The number of nitrogen functional groups attached to an aromatic ring is 2. The number of para-hydroxylation sites is 1. The largest absolute Gasteiger partial charge is 0.397 e. The first-order valence-electron chi connectivity index (χ1n) is 3.75. The molecular formula is C10H9N3. The van der Waals surface area contributed by atoms with Gasteiger partial charge in [0.05, 0.1) is 23.9 Å². The number of nitrogens with two attached hydrogens (primary N) is 2. The molecule has 0 saturated carbocycles. The van der Waals surface area contributed by atoms with E-state index in [0.717, 1.165) is 0 Å². The fraction of sp³-hybridized carbons (Fsp3) is 0.100. The zero-order chi connectivity index (χ0) is 9.68. The van der Waals surface area contributed by atoms with E-state index < -0.39 is 0 Å². The Bertz CT molecular complexity index is 404. The van der Waals surface area contributed by atoms with Gasteiger partial charge in [-0.3, -0.25) is 0 Å². The Morgan fingerprint density at radius 3 is 2.77 bits per heavy atom. The predicted octanol–water partition coefficient (Wildman–Crippen LogP) is 1.12. The molecule has 1 aromatic carbocycles. The van der Waals surface area contributed by atoms with Gasteiger partial charge in [0.15, 0.2) is 0 Å². The van der Waals surface area contributed by atoms with Crippen LogP contribution in [0.2, 0.25) is 0 Å². The second kappa shape index (κ2) is 4.04. The summed E-state index contributed by atoms with van der Waals surface area (Å²) in [6, 6.07) is 7.19. The second-order valence-electron chi connectivity index (χ2n) is 2.45. The minimum Gasteiger partial charge on any atom is -0.397 e.